The van der Waals surface area contributed by atoms with E-state index in [9.17, 15) is 15.1 Å². The highest BCUT2D eigenvalue weighted by molar-refractivity contribution is 6.33. The minimum absolute atomic E-state index is 0. The maximum Gasteiger partial charge on any atom is 0.348 e. The van der Waals surface area contributed by atoms with Gasteiger partial charge in [0, 0.05) is 12.6 Å². The molecule has 0 aromatic heterocycles. The number of carbonyl (C=O) groups excluding carboxylic acids is 1. The average Bonchev–Trinajstić information content (AvgIpc) is 2.56. The van der Waals surface area contributed by atoms with E-state index in [-0.39, 0.29) is 46.9 Å². The fraction of sp³-hybridized carbons (Fsp3) is 0.562. The van der Waals surface area contributed by atoms with E-state index in [4.69, 9.17) is 22.1 Å². The van der Waals surface area contributed by atoms with Gasteiger partial charge in [-0.2, -0.15) is 0 Å². The van der Waals surface area contributed by atoms with Gasteiger partial charge < -0.3 is 30.7 Å². The lowest BCUT2D eigenvalue weighted by atomic mass is 9.75. The Bertz CT molecular complexity index is 653. The van der Waals surface area contributed by atoms with Gasteiger partial charge in [-0.1, -0.05) is 11.6 Å². The molecule has 2 atom stereocenters. The Labute approximate surface area is 157 Å². The molecule has 25 heavy (non-hydrogen) atoms. The number of nitrogens with two attached hydrogens (primary N) is 1. The molecule has 9 heteroatoms. The summed E-state index contributed by atoms with van der Waals surface area (Å²) in [5.41, 5.74) is 4.92. The topological polar surface area (TPSA) is 103 Å². The van der Waals surface area contributed by atoms with Gasteiger partial charge in [0.2, 0.25) is 0 Å². The lowest BCUT2D eigenvalue weighted by Gasteiger charge is -2.50. The molecule has 3 aliphatic rings. The lowest BCUT2D eigenvalue weighted by Crippen LogP contribution is -3.12. The third kappa shape index (κ3) is 3.86. The summed E-state index contributed by atoms with van der Waals surface area (Å²) in [6, 6.07) is 2.77. The largest absolute Gasteiger partial charge is 0.626 e. The van der Waals surface area contributed by atoms with Gasteiger partial charge in [0.1, 0.15) is 23.5 Å². The second-order valence-electron chi connectivity index (χ2n) is 6.66. The number of fused-ring (bicyclic) bond motifs is 3. The van der Waals surface area contributed by atoms with E-state index >= 15 is 0 Å². The summed E-state index contributed by atoms with van der Waals surface area (Å²) in [6.45, 7) is 2.14. The summed E-state index contributed by atoms with van der Waals surface area (Å²) >= 11 is 5.96. The minimum Gasteiger partial charge on any atom is -0.626 e. The number of anilines is 1. The average molecular weight is 392 g/mol. The third-order valence-electron chi connectivity index (χ3n) is 5.13. The van der Waals surface area contributed by atoms with Gasteiger partial charge in [-0.3, -0.25) is 0 Å². The molecule has 0 spiro atoms. The molecule has 4 rings (SSSR count). The van der Waals surface area contributed by atoms with Crippen molar-refractivity contribution in [2.24, 2.45) is 5.92 Å². The second-order valence-corrected chi connectivity index (χ2v) is 7.06. The van der Waals surface area contributed by atoms with Gasteiger partial charge in [-0.15, -0.1) is 12.4 Å². The molecular weight excluding hydrogens is 369 g/mol. The number of aliphatic hydroxyl groups is 1. The van der Waals surface area contributed by atoms with E-state index in [0.29, 0.717) is 6.54 Å². The molecule has 1 amide bonds. The van der Waals surface area contributed by atoms with Crippen LogP contribution in [-0.2, 0) is 0 Å². The Balaban J connectivity index is 0.00000225. The highest BCUT2D eigenvalue weighted by atomic mass is 35.5. The summed E-state index contributed by atoms with van der Waals surface area (Å²) in [6.07, 6.45) is 1.71. The van der Waals surface area contributed by atoms with E-state index in [0.717, 1.165) is 25.9 Å². The van der Waals surface area contributed by atoms with Crippen LogP contribution in [0.2, 0.25) is 5.02 Å². The first-order valence-corrected chi connectivity index (χ1v) is 8.37. The number of hydrogen-bond donors (Lipinski definition) is 3. The Hall–Kier alpha value is -1.09. The van der Waals surface area contributed by atoms with Gasteiger partial charge in [0.25, 0.3) is 0 Å². The fourth-order valence-corrected chi connectivity index (χ4v) is 3.93. The Morgan fingerprint density at radius 2 is 2.16 bits per heavy atom. The van der Waals surface area contributed by atoms with Crippen molar-refractivity contribution in [3.05, 3.63) is 27.9 Å². The van der Waals surface area contributed by atoms with Crippen molar-refractivity contribution in [2.45, 2.75) is 18.4 Å². The monoisotopic (exact) mass is 391 g/mol. The zero-order chi connectivity index (χ0) is 17.5. The van der Waals surface area contributed by atoms with Crippen molar-refractivity contribution in [1.82, 2.24) is 4.90 Å². The number of halogens is 2. The van der Waals surface area contributed by atoms with E-state index in [1.54, 1.807) is 0 Å². The quantitative estimate of drug-likeness (QED) is 0.504. The molecule has 0 radical (unpaired) electrons. The number of ether oxygens (including phenoxy) is 1. The first kappa shape index (κ1) is 20.2. The molecule has 1 aromatic rings. The summed E-state index contributed by atoms with van der Waals surface area (Å²) < 4.78 is 5.13. The normalized spacial score (nSPS) is 29.0. The fourth-order valence-electron chi connectivity index (χ4n) is 3.77. The van der Waals surface area contributed by atoms with Crippen molar-refractivity contribution in [3.63, 3.8) is 0 Å². The van der Waals surface area contributed by atoms with Crippen LogP contribution < -0.4 is 15.5 Å². The molecule has 3 heterocycles. The molecule has 2 unspecified atom stereocenters. The number of rotatable bonds is 4. The van der Waals surface area contributed by atoms with Gasteiger partial charge in [0.15, 0.2) is 0 Å². The Morgan fingerprint density at radius 3 is 2.68 bits per heavy atom. The molecule has 3 saturated heterocycles. The van der Waals surface area contributed by atoms with Crippen LogP contribution in [0.1, 0.15) is 23.2 Å². The van der Waals surface area contributed by atoms with Crippen molar-refractivity contribution in [2.75, 3.05) is 39.0 Å². The summed E-state index contributed by atoms with van der Waals surface area (Å²) in [4.78, 5) is 14.7. The molecule has 4 N–H and O–H groups in total. The van der Waals surface area contributed by atoms with Crippen molar-refractivity contribution < 1.29 is 19.7 Å². The highest BCUT2D eigenvalue weighted by Gasteiger charge is 2.48. The molecule has 7 nitrogen and oxygen atoms in total. The lowest BCUT2D eigenvalue weighted by molar-refractivity contribution is -0.768. The minimum atomic E-state index is -1.13. The number of nitrogens with zero attached hydrogens (tertiary/aromatic N) is 1. The van der Waals surface area contributed by atoms with Crippen LogP contribution in [0.3, 0.4) is 0 Å². The number of hydrogen-bond acceptors (Lipinski definition) is 6. The molecule has 2 bridgehead atoms. The number of nitrogen functional groups attached to an aromatic ring is 1. The standard InChI is InChI=1S/C16H22ClN3O4.ClH/c1-24-14-7-13(18)12(17)6-11(14)15(21)20(23)9-16(22)8-19-4-2-10(16)3-5-19;/h6-7,10,20,22H,2-5,8-9,18H2,1H3;1H. The predicted octanol–water partition coefficient (Wildman–Crippen LogP) is 0.332. The maximum atomic E-state index is 12.6. The smallest absolute Gasteiger partial charge is 0.348 e. The van der Waals surface area contributed by atoms with Crippen LogP contribution in [0, 0.1) is 11.1 Å². The molecular formula is C16H23Cl2N3O4. The second kappa shape index (κ2) is 7.65. The van der Waals surface area contributed by atoms with Gasteiger partial charge >= 0.3 is 5.91 Å². The Morgan fingerprint density at radius 1 is 1.52 bits per heavy atom. The highest BCUT2D eigenvalue weighted by Crippen LogP contribution is 2.35. The maximum absolute atomic E-state index is 12.6. The summed E-state index contributed by atoms with van der Waals surface area (Å²) in [5, 5.41) is 22.9. The number of carbonyl (C=O) groups is 1. The summed E-state index contributed by atoms with van der Waals surface area (Å²) in [7, 11) is 1.39. The van der Waals surface area contributed by atoms with Crippen molar-refractivity contribution >= 4 is 35.6 Å². The van der Waals surface area contributed by atoms with Crippen LogP contribution >= 0.6 is 24.0 Å². The van der Waals surface area contributed by atoms with Crippen LogP contribution in [0.4, 0.5) is 5.69 Å². The van der Waals surface area contributed by atoms with E-state index < -0.39 is 16.6 Å². The predicted molar refractivity (Wildman–Crippen MR) is 97.3 cm³/mol. The van der Waals surface area contributed by atoms with Crippen molar-refractivity contribution in [3.8, 4) is 5.75 Å². The number of quaternary nitrogens is 1. The zero-order valence-electron chi connectivity index (χ0n) is 14.0. The first-order chi connectivity index (χ1) is 11.3. The summed E-state index contributed by atoms with van der Waals surface area (Å²) in [5.74, 6) is -0.439. The van der Waals surface area contributed by atoms with E-state index in [1.807, 2.05) is 0 Å². The molecule has 0 saturated carbocycles. The number of amides is 1. The zero-order valence-corrected chi connectivity index (χ0v) is 15.5. The van der Waals surface area contributed by atoms with Crippen molar-refractivity contribution in [1.29, 1.82) is 0 Å². The number of piperidine rings is 3. The molecule has 0 aliphatic carbocycles. The van der Waals surface area contributed by atoms with Crippen LogP contribution in [0.5, 0.6) is 5.75 Å². The van der Waals surface area contributed by atoms with Crippen LogP contribution in [0.15, 0.2) is 12.1 Å². The number of benzene rings is 1. The number of hydroxylamine groups is 2. The van der Waals surface area contributed by atoms with Gasteiger partial charge in [0.05, 0.1) is 17.8 Å². The van der Waals surface area contributed by atoms with Crippen LogP contribution in [-0.4, -0.2) is 54.8 Å². The van der Waals surface area contributed by atoms with E-state index in [1.165, 1.54) is 19.2 Å². The van der Waals surface area contributed by atoms with Crippen LogP contribution in [0.25, 0.3) is 0 Å². The Kier molecular flexibility index (Phi) is 6.19. The number of methoxy groups -OCH3 is 1. The SMILES string of the molecule is COc1cc(N)c(Cl)cc1C(=O)[NH+]([O-])CC1(O)CN2CCC1CC2.Cl. The first-order valence-electron chi connectivity index (χ1n) is 7.99. The molecule has 140 valence electrons. The molecule has 3 fully saturated rings. The third-order valence-corrected chi connectivity index (χ3v) is 5.46. The van der Waals surface area contributed by atoms with Gasteiger partial charge in [-0.05, 0) is 37.9 Å². The molecule has 3 aliphatic heterocycles. The van der Waals surface area contributed by atoms with Gasteiger partial charge in [-0.25, -0.2) is 4.79 Å². The number of nitrogens with one attached hydrogen (secondary N) is 1. The molecule has 1 aromatic carbocycles. The van der Waals surface area contributed by atoms with E-state index in [2.05, 4.69) is 4.90 Å².